The van der Waals surface area contributed by atoms with E-state index in [1.807, 2.05) is 24.3 Å². The molecule has 16 heavy (non-hydrogen) atoms. The van der Waals surface area contributed by atoms with Gasteiger partial charge in [0.25, 0.3) is 0 Å². The Morgan fingerprint density at radius 2 is 1.88 bits per heavy atom. The standard InChI is InChI=1S/C11H16N4O/c12-11(16)14-9-1-3-10(4-2-9)15-7-5-13-6-8-15/h1-4,13H,5-8H2,(H3,12,14,16). The monoisotopic (exact) mass is 220 g/mol. The fourth-order valence-electron chi connectivity index (χ4n) is 1.82. The lowest BCUT2D eigenvalue weighted by atomic mass is 10.2. The number of hydrogen-bond acceptors (Lipinski definition) is 3. The number of nitrogens with one attached hydrogen (secondary N) is 2. The highest BCUT2D eigenvalue weighted by Crippen LogP contribution is 2.18. The second-order valence-corrected chi connectivity index (χ2v) is 3.77. The SMILES string of the molecule is NC(=O)Nc1ccc(N2CCNCC2)cc1. The molecule has 5 nitrogen and oxygen atoms in total. The van der Waals surface area contributed by atoms with Gasteiger partial charge in [-0.05, 0) is 24.3 Å². The van der Waals surface area contributed by atoms with Gasteiger partial charge >= 0.3 is 6.03 Å². The third-order valence-corrected chi connectivity index (χ3v) is 2.62. The topological polar surface area (TPSA) is 70.4 Å². The second-order valence-electron chi connectivity index (χ2n) is 3.77. The summed E-state index contributed by atoms with van der Waals surface area (Å²) in [5.74, 6) is 0. The number of benzene rings is 1. The molecule has 0 spiro atoms. The van der Waals surface area contributed by atoms with E-state index < -0.39 is 6.03 Å². The molecule has 0 atom stereocenters. The number of nitrogens with zero attached hydrogens (tertiary/aromatic N) is 1. The molecular weight excluding hydrogens is 204 g/mol. The third-order valence-electron chi connectivity index (χ3n) is 2.62. The summed E-state index contributed by atoms with van der Waals surface area (Å²) in [5.41, 5.74) is 6.94. The van der Waals surface area contributed by atoms with Crippen LogP contribution in [0.4, 0.5) is 16.2 Å². The van der Waals surface area contributed by atoms with Gasteiger partial charge in [-0.1, -0.05) is 0 Å². The Hall–Kier alpha value is -1.75. The second kappa shape index (κ2) is 4.85. The van der Waals surface area contributed by atoms with Gasteiger partial charge < -0.3 is 21.3 Å². The molecule has 1 aliphatic rings. The van der Waals surface area contributed by atoms with E-state index in [4.69, 9.17) is 5.73 Å². The molecule has 0 unspecified atom stereocenters. The van der Waals surface area contributed by atoms with Gasteiger partial charge in [0.15, 0.2) is 0 Å². The lowest BCUT2D eigenvalue weighted by molar-refractivity contribution is 0.259. The average Bonchev–Trinajstić information content (AvgIpc) is 2.30. The number of rotatable bonds is 2. The Morgan fingerprint density at radius 1 is 1.25 bits per heavy atom. The molecule has 1 heterocycles. The number of urea groups is 1. The molecule has 1 saturated heterocycles. The van der Waals surface area contributed by atoms with Crippen LogP contribution in [0.2, 0.25) is 0 Å². The molecule has 0 radical (unpaired) electrons. The number of amides is 2. The van der Waals surface area contributed by atoms with Crippen molar-refractivity contribution in [1.29, 1.82) is 0 Å². The average molecular weight is 220 g/mol. The molecule has 1 aromatic carbocycles. The summed E-state index contributed by atoms with van der Waals surface area (Å²) in [5, 5.41) is 5.85. The zero-order valence-electron chi connectivity index (χ0n) is 9.07. The number of carbonyl (C=O) groups is 1. The van der Waals surface area contributed by atoms with Crippen LogP contribution in [-0.4, -0.2) is 32.2 Å². The molecule has 0 saturated carbocycles. The van der Waals surface area contributed by atoms with E-state index in [1.165, 1.54) is 5.69 Å². The van der Waals surface area contributed by atoms with E-state index >= 15 is 0 Å². The Morgan fingerprint density at radius 3 is 2.44 bits per heavy atom. The Balaban J connectivity index is 2.03. The van der Waals surface area contributed by atoms with Crippen LogP contribution in [0, 0.1) is 0 Å². The van der Waals surface area contributed by atoms with Gasteiger partial charge in [-0.2, -0.15) is 0 Å². The smallest absolute Gasteiger partial charge is 0.316 e. The fraction of sp³-hybridized carbons (Fsp3) is 0.364. The first-order valence-corrected chi connectivity index (χ1v) is 5.38. The van der Waals surface area contributed by atoms with Crippen molar-refractivity contribution in [2.45, 2.75) is 0 Å². The maximum Gasteiger partial charge on any atom is 0.316 e. The highest BCUT2D eigenvalue weighted by Gasteiger charge is 2.09. The lowest BCUT2D eigenvalue weighted by Crippen LogP contribution is -2.43. The van der Waals surface area contributed by atoms with Crippen LogP contribution in [0.15, 0.2) is 24.3 Å². The molecule has 2 rings (SSSR count). The van der Waals surface area contributed by atoms with E-state index in [0.717, 1.165) is 31.9 Å². The van der Waals surface area contributed by atoms with Crippen molar-refractivity contribution in [1.82, 2.24) is 5.32 Å². The van der Waals surface area contributed by atoms with Crippen LogP contribution in [0.25, 0.3) is 0 Å². The minimum atomic E-state index is -0.532. The van der Waals surface area contributed by atoms with Crippen LogP contribution < -0.4 is 21.3 Å². The maximum atomic E-state index is 10.6. The van der Waals surface area contributed by atoms with E-state index in [9.17, 15) is 4.79 Å². The highest BCUT2D eigenvalue weighted by molar-refractivity contribution is 5.87. The van der Waals surface area contributed by atoms with Gasteiger partial charge in [-0.3, -0.25) is 0 Å². The van der Waals surface area contributed by atoms with E-state index in [-0.39, 0.29) is 0 Å². The summed E-state index contributed by atoms with van der Waals surface area (Å²) in [6.45, 7) is 4.06. The van der Waals surface area contributed by atoms with Gasteiger partial charge in [-0.15, -0.1) is 0 Å². The molecule has 86 valence electrons. The van der Waals surface area contributed by atoms with Gasteiger partial charge in [0.1, 0.15) is 0 Å². The van der Waals surface area contributed by atoms with Gasteiger partial charge in [0, 0.05) is 37.6 Å². The Bertz CT molecular complexity index is 357. The number of hydrogen-bond donors (Lipinski definition) is 3. The minimum Gasteiger partial charge on any atom is -0.369 e. The van der Waals surface area contributed by atoms with Crippen molar-refractivity contribution in [3.63, 3.8) is 0 Å². The normalized spacial score (nSPS) is 15.9. The van der Waals surface area contributed by atoms with Crippen molar-refractivity contribution in [3.05, 3.63) is 24.3 Å². The van der Waals surface area contributed by atoms with E-state index in [0.29, 0.717) is 0 Å². The molecule has 1 aliphatic heterocycles. The first kappa shape index (κ1) is 10.8. The predicted octanol–water partition coefficient (Wildman–Crippen LogP) is 0.587. The van der Waals surface area contributed by atoms with Crippen LogP contribution in [0.5, 0.6) is 0 Å². The fourth-order valence-corrected chi connectivity index (χ4v) is 1.82. The Labute approximate surface area is 94.6 Å². The van der Waals surface area contributed by atoms with Crippen LogP contribution in [0.1, 0.15) is 0 Å². The first-order valence-electron chi connectivity index (χ1n) is 5.38. The third kappa shape index (κ3) is 2.64. The summed E-state index contributed by atoms with van der Waals surface area (Å²) < 4.78 is 0. The molecule has 5 heteroatoms. The Kier molecular flexibility index (Phi) is 3.26. The summed E-state index contributed by atoms with van der Waals surface area (Å²) >= 11 is 0. The van der Waals surface area contributed by atoms with Crippen molar-refractivity contribution in [3.8, 4) is 0 Å². The number of anilines is 2. The summed E-state index contributed by atoms with van der Waals surface area (Å²) in [7, 11) is 0. The highest BCUT2D eigenvalue weighted by atomic mass is 16.2. The maximum absolute atomic E-state index is 10.6. The minimum absolute atomic E-state index is 0.532. The lowest BCUT2D eigenvalue weighted by Gasteiger charge is -2.29. The summed E-state index contributed by atoms with van der Waals surface area (Å²) in [4.78, 5) is 13.0. The molecule has 0 aliphatic carbocycles. The zero-order chi connectivity index (χ0) is 11.4. The molecule has 0 aromatic heterocycles. The zero-order valence-corrected chi connectivity index (χ0v) is 9.07. The van der Waals surface area contributed by atoms with Crippen molar-refractivity contribution >= 4 is 17.4 Å². The van der Waals surface area contributed by atoms with Crippen molar-refractivity contribution in [2.75, 3.05) is 36.4 Å². The number of carbonyl (C=O) groups excluding carboxylic acids is 1. The molecule has 0 bridgehead atoms. The molecule has 1 fully saturated rings. The van der Waals surface area contributed by atoms with Gasteiger partial charge in [0.2, 0.25) is 0 Å². The predicted molar refractivity (Wildman–Crippen MR) is 64.7 cm³/mol. The van der Waals surface area contributed by atoms with E-state index in [2.05, 4.69) is 15.5 Å². The first-order chi connectivity index (χ1) is 7.75. The van der Waals surface area contributed by atoms with Crippen molar-refractivity contribution in [2.24, 2.45) is 5.73 Å². The van der Waals surface area contributed by atoms with Crippen LogP contribution in [-0.2, 0) is 0 Å². The van der Waals surface area contributed by atoms with Gasteiger partial charge in [0.05, 0.1) is 0 Å². The number of nitrogens with two attached hydrogens (primary N) is 1. The quantitative estimate of drug-likeness (QED) is 0.683. The molecule has 2 amide bonds. The van der Waals surface area contributed by atoms with Crippen LogP contribution >= 0.6 is 0 Å². The molecule has 1 aromatic rings. The summed E-state index contributed by atoms with van der Waals surface area (Å²) in [6.07, 6.45) is 0. The van der Waals surface area contributed by atoms with Gasteiger partial charge in [-0.25, -0.2) is 4.79 Å². The number of piperazine rings is 1. The van der Waals surface area contributed by atoms with Crippen LogP contribution in [0.3, 0.4) is 0 Å². The van der Waals surface area contributed by atoms with E-state index in [1.54, 1.807) is 0 Å². The molecular formula is C11H16N4O. The van der Waals surface area contributed by atoms with Crippen molar-refractivity contribution < 1.29 is 4.79 Å². The summed E-state index contributed by atoms with van der Waals surface area (Å²) in [6, 6.07) is 7.19. The largest absolute Gasteiger partial charge is 0.369 e. The number of primary amides is 1. The molecule has 4 N–H and O–H groups in total.